The average Bonchev–Trinajstić information content (AvgIpc) is 3.36. The van der Waals surface area contributed by atoms with Crippen molar-refractivity contribution in [1.82, 2.24) is 0 Å². The highest BCUT2D eigenvalue weighted by atomic mass is 32.1. The zero-order valence-electron chi connectivity index (χ0n) is 19.4. The first-order valence-electron chi connectivity index (χ1n) is 11.0. The van der Waals surface area contributed by atoms with Crippen molar-refractivity contribution in [2.24, 2.45) is 0 Å². The van der Waals surface area contributed by atoms with E-state index in [0.717, 1.165) is 43.5 Å². The molecule has 1 heterocycles. The maximum Gasteiger partial charge on any atom is 0.338 e. The lowest BCUT2D eigenvalue weighted by atomic mass is 9.97. The Hall–Kier alpha value is -3.83. The minimum Gasteiger partial charge on any atom is -0.497 e. The molecule has 0 amide bonds. The fourth-order valence-corrected chi connectivity index (χ4v) is 4.54. The van der Waals surface area contributed by atoms with Crippen LogP contribution in [0.15, 0.2) is 84.9 Å². The number of benzene rings is 3. The van der Waals surface area contributed by atoms with Crippen LogP contribution in [0.1, 0.15) is 33.3 Å². The summed E-state index contributed by atoms with van der Waals surface area (Å²) in [5.74, 6) is 1.34. The molecule has 1 aromatic heterocycles. The summed E-state index contributed by atoms with van der Waals surface area (Å²) < 4.78 is 15.7. The van der Waals surface area contributed by atoms with Gasteiger partial charge in [0, 0.05) is 9.75 Å². The zero-order chi connectivity index (χ0) is 23.9. The number of carbonyl (C=O) groups excluding carboxylic acids is 1. The Balaban J connectivity index is 1.67. The Kier molecular flexibility index (Phi) is 7.45. The van der Waals surface area contributed by atoms with Crippen molar-refractivity contribution >= 4 is 29.0 Å². The molecule has 3 aromatic carbocycles. The molecule has 0 radical (unpaired) electrons. The SMILES string of the molecule is CCOC(=O)c1ccc(-c2ccc(C=C(c3ccc(OC)cc3)c3ccc(OC)cc3)s2)cc1. The summed E-state index contributed by atoms with van der Waals surface area (Å²) in [5.41, 5.74) is 4.92. The summed E-state index contributed by atoms with van der Waals surface area (Å²) in [5, 5.41) is 0. The van der Waals surface area contributed by atoms with Gasteiger partial charge in [0.05, 0.1) is 26.4 Å². The molecule has 4 rings (SSSR count). The first-order chi connectivity index (χ1) is 16.6. The second kappa shape index (κ2) is 10.9. The van der Waals surface area contributed by atoms with E-state index in [4.69, 9.17) is 14.2 Å². The minimum atomic E-state index is -0.299. The molecule has 4 nitrogen and oxygen atoms in total. The quantitative estimate of drug-likeness (QED) is 0.256. The third-order valence-corrected chi connectivity index (χ3v) is 6.48. The lowest BCUT2D eigenvalue weighted by Crippen LogP contribution is -2.03. The van der Waals surface area contributed by atoms with Crippen LogP contribution in [0.4, 0.5) is 0 Å². The number of rotatable bonds is 8. The summed E-state index contributed by atoms with van der Waals surface area (Å²) in [6.45, 7) is 2.17. The first-order valence-corrected chi connectivity index (χ1v) is 11.8. The van der Waals surface area contributed by atoms with Gasteiger partial charge in [-0.25, -0.2) is 4.79 Å². The molecule has 34 heavy (non-hydrogen) atoms. The van der Waals surface area contributed by atoms with Crippen LogP contribution in [0.5, 0.6) is 11.5 Å². The second-order valence-electron chi connectivity index (χ2n) is 7.51. The number of ether oxygens (including phenoxy) is 3. The lowest BCUT2D eigenvalue weighted by Gasteiger charge is -2.10. The molecular formula is C29H26O4S. The van der Waals surface area contributed by atoms with Gasteiger partial charge in [0.15, 0.2) is 0 Å². The topological polar surface area (TPSA) is 44.8 Å². The Morgan fingerprint density at radius 2 is 1.26 bits per heavy atom. The summed E-state index contributed by atoms with van der Waals surface area (Å²) in [6.07, 6.45) is 2.20. The van der Waals surface area contributed by atoms with E-state index < -0.39 is 0 Å². The molecule has 172 valence electrons. The fourth-order valence-electron chi connectivity index (χ4n) is 3.59. The van der Waals surface area contributed by atoms with Crippen LogP contribution in [0, 0.1) is 0 Å². The van der Waals surface area contributed by atoms with Crippen LogP contribution in [0.2, 0.25) is 0 Å². The van der Waals surface area contributed by atoms with Crippen LogP contribution in [0.25, 0.3) is 22.1 Å². The van der Waals surface area contributed by atoms with Gasteiger partial charge in [-0.05, 0) is 83.8 Å². The third-order valence-electron chi connectivity index (χ3n) is 5.40. The highest BCUT2D eigenvalue weighted by Gasteiger charge is 2.10. The van der Waals surface area contributed by atoms with Crippen molar-refractivity contribution < 1.29 is 19.0 Å². The van der Waals surface area contributed by atoms with Crippen molar-refractivity contribution in [3.63, 3.8) is 0 Å². The summed E-state index contributed by atoms with van der Waals surface area (Å²) >= 11 is 1.70. The maximum atomic E-state index is 11.9. The minimum absolute atomic E-state index is 0.299. The number of esters is 1. The summed E-state index contributed by atoms with van der Waals surface area (Å²) in [7, 11) is 3.34. The van der Waals surface area contributed by atoms with Crippen molar-refractivity contribution in [2.45, 2.75) is 6.92 Å². The highest BCUT2D eigenvalue weighted by Crippen LogP contribution is 2.34. The average molecular weight is 471 g/mol. The molecule has 5 heteroatoms. The zero-order valence-corrected chi connectivity index (χ0v) is 20.2. The molecule has 0 spiro atoms. The largest absolute Gasteiger partial charge is 0.497 e. The van der Waals surface area contributed by atoms with E-state index in [1.807, 2.05) is 48.5 Å². The monoisotopic (exact) mass is 470 g/mol. The molecule has 0 unspecified atom stereocenters. The second-order valence-corrected chi connectivity index (χ2v) is 8.63. The highest BCUT2D eigenvalue weighted by molar-refractivity contribution is 7.16. The van der Waals surface area contributed by atoms with Gasteiger partial charge in [-0.1, -0.05) is 36.4 Å². The number of hydrogen-bond acceptors (Lipinski definition) is 5. The van der Waals surface area contributed by atoms with Crippen molar-refractivity contribution in [1.29, 1.82) is 0 Å². The molecule has 0 aliphatic rings. The molecule has 4 aromatic rings. The van der Waals surface area contributed by atoms with Crippen LogP contribution in [-0.2, 0) is 4.74 Å². The summed E-state index contributed by atoms with van der Waals surface area (Å²) in [6, 6.07) is 27.9. The van der Waals surface area contributed by atoms with Gasteiger partial charge in [0.2, 0.25) is 0 Å². The van der Waals surface area contributed by atoms with Crippen LogP contribution in [0.3, 0.4) is 0 Å². The standard InChI is InChI=1S/C29H26O4S/c1-4-33-29(30)23-7-5-22(6-8-23)28-18-17-26(34-28)19-27(20-9-13-24(31-2)14-10-20)21-11-15-25(32-3)16-12-21/h5-19H,4H2,1-3H3. The molecule has 0 saturated carbocycles. The predicted molar refractivity (Wildman–Crippen MR) is 139 cm³/mol. The van der Waals surface area contributed by atoms with Gasteiger partial charge in [-0.15, -0.1) is 11.3 Å². The van der Waals surface area contributed by atoms with E-state index in [2.05, 4.69) is 42.5 Å². The van der Waals surface area contributed by atoms with Gasteiger partial charge >= 0.3 is 5.97 Å². The van der Waals surface area contributed by atoms with Gasteiger partial charge in [-0.2, -0.15) is 0 Å². The lowest BCUT2D eigenvalue weighted by molar-refractivity contribution is 0.0526. The van der Waals surface area contributed by atoms with Crippen molar-refractivity contribution in [3.8, 4) is 21.9 Å². The molecule has 0 aliphatic heterocycles. The predicted octanol–water partition coefficient (Wildman–Crippen LogP) is 7.20. The molecule has 0 saturated heterocycles. The molecular weight excluding hydrogens is 444 g/mol. The van der Waals surface area contributed by atoms with Gasteiger partial charge in [0.25, 0.3) is 0 Å². The number of methoxy groups -OCH3 is 2. The maximum absolute atomic E-state index is 11.9. The third kappa shape index (κ3) is 5.38. The number of carbonyl (C=O) groups is 1. The fraction of sp³-hybridized carbons (Fsp3) is 0.138. The summed E-state index contributed by atoms with van der Waals surface area (Å²) in [4.78, 5) is 14.2. The van der Waals surface area contributed by atoms with E-state index in [1.54, 1.807) is 32.5 Å². The van der Waals surface area contributed by atoms with Crippen molar-refractivity contribution in [2.75, 3.05) is 20.8 Å². The van der Waals surface area contributed by atoms with E-state index in [9.17, 15) is 4.79 Å². The van der Waals surface area contributed by atoms with E-state index in [-0.39, 0.29) is 5.97 Å². The van der Waals surface area contributed by atoms with E-state index in [1.165, 1.54) is 0 Å². The Morgan fingerprint density at radius 3 is 1.76 bits per heavy atom. The number of thiophene rings is 1. The van der Waals surface area contributed by atoms with E-state index in [0.29, 0.717) is 12.2 Å². The number of hydrogen-bond donors (Lipinski definition) is 0. The van der Waals surface area contributed by atoms with Gasteiger partial charge in [0.1, 0.15) is 11.5 Å². The molecule has 0 aliphatic carbocycles. The van der Waals surface area contributed by atoms with Crippen LogP contribution in [-0.4, -0.2) is 26.8 Å². The van der Waals surface area contributed by atoms with Crippen LogP contribution < -0.4 is 9.47 Å². The van der Waals surface area contributed by atoms with Crippen molar-refractivity contribution in [3.05, 3.63) is 106 Å². The molecule has 0 atom stereocenters. The Morgan fingerprint density at radius 1 is 0.735 bits per heavy atom. The molecule has 0 fully saturated rings. The normalized spacial score (nSPS) is 10.4. The van der Waals surface area contributed by atoms with Crippen LogP contribution >= 0.6 is 11.3 Å². The van der Waals surface area contributed by atoms with E-state index >= 15 is 0 Å². The smallest absolute Gasteiger partial charge is 0.338 e. The molecule has 0 N–H and O–H groups in total. The first kappa shape index (κ1) is 23.3. The Labute approximate surface area is 204 Å². The van der Waals surface area contributed by atoms with Gasteiger partial charge < -0.3 is 14.2 Å². The Bertz CT molecular complexity index is 1220. The van der Waals surface area contributed by atoms with Gasteiger partial charge in [-0.3, -0.25) is 0 Å². The molecule has 0 bridgehead atoms.